The summed E-state index contributed by atoms with van der Waals surface area (Å²) in [5.41, 5.74) is 1.33. The molecule has 1 fully saturated rings. The monoisotopic (exact) mass is 220 g/mol. The molecule has 0 aliphatic heterocycles. The van der Waals surface area contributed by atoms with E-state index in [2.05, 4.69) is 24.3 Å². The van der Waals surface area contributed by atoms with E-state index >= 15 is 0 Å². The molecule has 1 N–H and O–H groups in total. The molecule has 0 heterocycles. The van der Waals surface area contributed by atoms with Crippen LogP contribution in [0.15, 0.2) is 24.3 Å². The zero-order chi connectivity index (χ0) is 11.2. The minimum Gasteiger partial charge on any atom is -0.493 e. The summed E-state index contributed by atoms with van der Waals surface area (Å²) in [7, 11) is 0. The van der Waals surface area contributed by atoms with Crippen molar-refractivity contribution in [3.05, 3.63) is 29.8 Å². The Kier molecular flexibility index (Phi) is 4.23. The Morgan fingerprint density at radius 2 is 1.88 bits per heavy atom. The molecule has 0 amide bonds. The van der Waals surface area contributed by atoms with Gasteiger partial charge in [0.05, 0.1) is 6.61 Å². The maximum Gasteiger partial charge on any atom is 0.119 e. The van der Waals surface area contributed by atoms with Gasteiger partial charge in [-0.2, -0.15) is 0 Å². The number of aryl methyl sites for hydroxylation is 1. The highest BCUT2D eigenvalue weighted by Crippen LogP contribution is 2.29. The van der Waals surface area contributed by atoms with Crippen LogP contribution in [0.25, 0.3) is 0 Å². The first-order chi connectivity index (χ1) is 7.88. The molecule has 2 nitrogen and oxygen atoms in total. The fourth-order valence-corrected chi connectivity index (χ4v) is 1.69. The quantitative estimate of drug-likeness (QED) is 0.716. The first-order valence-corrected chi connectivity index (χ1v) is 6.21. The van der Waals surface area contributed by atoms with Crippen molar-refractivity contribution in [2.75, 3.05) is 13.2 Å². The van der Waals surface area contributed by atoms with Gasteiger partial charge >= 0.3 is 0 Å². The maximum atomic E-state index is 8.70. The fourth-order valence-electron chi connectivity index (χ4n) is 1.69. The Hall–Kier alpha value is -1.02. The first kappa shape index (κ1) is 11.5. The van der Waals surface area contributed by atoms with Crippen molar-refractivity contribution in [2.45, 2.75) is 32.1 Å². The summed E-state index contributed by atoms with van der Waals surface area (Å²) in [5.74, 6) is 1.79. The molecule has 0 spiro atoms. The van der Waals surface area contributed by atoms with Crippen LogP contribution in [-0.2, 0) is 6.42 Å². The van der Waals surface area contributed by atoms with Crippen molar-refractivity contribution >= 4 is 0 Å². The van der Waals surface area contributed by atoms with Gasteiger partial charge in [-0.05, 0) is 55.7 Å². The molecule has 2 rings (SSSR count). The number of ether oxygens (including phenoxy) is 1. The number of rotatable bonds is 7. The van der Waals surface area contributed by atoms with Gasteiger partial charge in [-0.3, -0.25) is 0 Å². The van der Waals surface area contributed by atoms with E-state index in [1.54, 1.807) is 0 Å². The number of unbranched alkanes of at least 4 members (excludes halogenated alkanes) is 1. The molecule has 0 atom stereocenters. The molecular formula is C14H20O2. The van der Waals surface area contributed by atoms with Crippen molar-refractivity contribution in [1.29, 1.82) is 0 Å². The minimum absolute atomic E-state index is 0.294. The van der Waals surface area contributed by atoms with E-state index in [1.165, 1.54) is 18.4 Å². The summed E-state index contributed by atoms with van der Waals surface area (Å²) < 4.78 is 5.67. The second-order valence-corrected chi connectivity index (χ2v) is 4.58. The average Bonchev–Trinajstić information content (AvgIpc) is 3.12. The van der Waals surface area contributed by atoms with Gasteiger partial charge in [-0.25, -0.2) is 0 Å². The smallest absolute Gasteiger partial charge is 0.119 e. The summed E-state index contributed by atoms with van der Waals surface area (Å²) in [6, 6.07) is 8.35. The van der Waals surface area contributed by atoms with Gasteiger partial charge in [0.15, 0.2) is 0 Å². The summed E-state index contributed by atoms with van der Waals surface area (Å²) >= 11 is 0. The molecule has 1 aromatic rings. The van der Waals surface area contributed by atoms with E-state index < -0.39 is 0 Å². The molecule has 0 unspecified atom stereocenters. The Morgan fingerprint density at radius 1 is 1.12 bits per heavy atom. The highest BCUT2D eigenvalue weighted by atomic mass is 16.5. The standard InChI is InChI=1S/C14H20O2/c15-10-2-1-3-12-6-8-14(9-7-12)16-11-13-4-5-13/h6-9,13,15H,1-5,10-11H2. The lowest BCUT2D eigenvalue weighted by atomic mass is 10.1. The van der Waals surface area contributed by atoms with E-state index in [-0.39, 0.29) is 0 Å². The van der Waals surface area contributed by atoms with Crippen LogP contribution in [0.3, 0.4) is 0 Å². The SMILES string of the molecule is OCCCCc1ccc(OCC2CC2)cc1. The van der Waals surface area contributed by atoms with Crippen molar-refractivity contribution in [3.8, 4) is 5.75 Å². The van der Waals surface area contributed by atoms with Crippen LogP contribution in [0.2, 0.25) is 0 Å². The first-order valence-electron chi connectivity index (χ1n) is 6.21. The number of benzene rings is 1. The molecule has 16 heavy (non-hydrogen) atoms. The second kappa shape index (κ2) is 5.90. The van der Waals surface area contributed by atoms with Gasteiger partial charge in [0.25, 0.3) is 0 Å². The van der Waals surface area contributed by atoms with E-state index in [0.717, 1.165) is 37.5 Å². The van der Waals surface area contributed by atoms with Gasteiger partial charge in [0.1, 0.15) is 5.75 Å². The number of hydrogen-bond donors (Lipinski definition) is 1. The predicted octanol–water partition coefficient (Wildman–Crippen LogP) is 2.79. The third-order valence-electron chi connectivity index (χ3n) is 2.98. The van der Waals surface area contributed by atoms with E-state index in [0.29, 0.717) is 6.61 Å². The van der Waals surface area contributed by atoms with Crippen molar-refractivity contribution in [1.82, 2.24) is 0 Å². The molecule has 2 heteroatoms. The van der Waals surface area contributed by atoms with E-state index in [9.17, 15) is 0 Å². The van der Waals surface area contributed by atoms with Crippen LogP contribution < -0.4 is 4.74 Å². The Morgan fingerprint density at radius 3 is 2.50 bits per heavy atom. The second-order valence-electron chi connectivity index (χ2n) is 4.58. The van der Waals surface area contributed by atoms with Crippen LogP contribution in [0.5, 0.6) is 5.75 Å². The highest BCUT2D eigenvalue weighted by Gasteiger charge is 2.21. The van der Waals surface area contributed by atoms with Crippen LogP contribution in [-0.4, -0.2) is 18.3 Å². The average molecular weight is 220 g/mol. The number of aliphatic hydroxyl groups is 1. The van der Waals surface area contributed by atoms with E-state index in [1.807, 2.05) is 0 Å². The lowest BCUT2D eigenvalue weighted by Crippen LogP contribution is -1.98. The number of aliphatic hydroxyl groups excluding tert-OH is 1. The third-order valence-corrected chi connectivity index (χ3v) is 2.98. The summed E-state index contributed by atoms with van der Waals surface area (Å²) in [5, 5.41) is 8.70. The fraction of sp³-hybridized carbons (Fsp3) is 0.571. The molecule has 88 valence electrons. The lowest BCUT2D eigenvalue weighted by molar-refractivity contribution is 0.284. The molecule has 0 saturated heterocycles. The van der Waals surface area contributed by atoms with Gasteiger partial charge in [0.2, 0.25) is 0 Å². The zero-order valence-corrected chi connectivity index (χ0v) is 9.69. The van der Waals surface area contributed by atoms with Crippen LogP contribution in [0.1, 0.15) is 31.2 Å². The predicted molar refractivity (Wildman–Crippen MR) is 64.7 cm³/mol. The normalized spacial score (nSPS) is 15.1. The molecule has 0 bridgehead atoms. The third kappa shape index (κ3) is 3.86. The molecule has 0 radical (unpaired) electrons. The number of hydrogen-bond acceptors (Lipinski definition) is 2. The summed E-state index contributed by atoms with van der Waals surface area (Å²) in [4.78, 5) is 0. The van der Waals surface area contributed by atoms with Gasteiger partial charge in [-0.1, -0.05) is 12.1 Å². The molecular weight excluding hydrogens is 200 g/mol. The zero-order valence-electron chi connectivity index (χ0n) is 9.69. The van der Waals surface area contributed by atoms with Crippen molar-refractivity contribution in [2.24, 2.45) is 5.92 Å². The summed E-state index contributed by atoms with van der Waals surface area (Å²) in [6.07, 6.45) is 5.65. The Bertz CT molecular complexity index is 301. The molecule has 1 aromatic carbocycles. The summed E-state index contributed by atoms with van der Waals surface area (Å²) in [6.45, 7) is 1.17. The van der Waals surface area contributed by atoms with Crippen LogP contribution in [0.4, 0.5) is 0 Å². The minimum atomic E-state index is 0.294. The largest absolute Gasteiger partial charge is 0.493 e. The van der Waals surface area contributed by atoms with Gasteiger partial charge in [-0.15, -0.1) is 0 Å². The molecule has 1 aliphatic rings. The lowest BCUT2D eigenvalue weighted by Gasteiger charge is -2.06. The highest BCUT2D eigenvalue weighted by molar-refractivity contribution is 5.27. The molecule has 1 saturated carbocycles. The van der Waals surface area contributed by atoms with Crippen molar-refractivity contribution < 1.29 is 9.84 Å². The Balaban J connectivity index is 1.74. The van der Waals surface area contributed by atoms with Crippen molar-refractivity contribution in [3.63, 3.8) is 0 Å². The maximum absolute atomic E-state index is 8.70. The van der Waals surface area contributed by atoms with E-state index in [4.69, 9.17) is 9.84 Å². The van der Waals surface area contributed by atoms with Crippen LogP contribution >= 0.6 is 0 Å². The van der Waals surface area contributed by atoms with Gasteiger partial charge in [0, 0.05) is 6.61 Å². The molecule has 1 aliphatic carbocycles. The molecule has 0 aromatic heterocycles. The topological polar surface area (TPSA) is 29.5 Å². The van der Waals surface area contributed by atoms with Crippen LogP contribution in [0, 0.1) is 5.92 Å². The van der Waals surface area contributed by atoms with Gasteiger partial charge < -0.3 is 9.84 Å². The Labute approximate surface area is 97.3 Å².